The summed E-state index contributed by atoms with van der Waals surface area (Å²) in [5, 5.41) is 32.4. The second-order valence-electron chi connectivity index (χ2n) is 8.85. The molecule has 0 radical (unpaired) electrons. The van der Waals surface area contributed by atoms with Gasteiger partial charge in [-0.2, -0.15) is 0 Å². The van der Waals surface area contributed by atoms with E-state index in [2.05, 4.69) is 5.32 Å². The number of phenols is 1. The highest BCUT2D eigenvalue weighted by molar-refractivity contribution is 8.13. The van der Waals surface area contributed by atoms with Crippen LogP contribution in [0.4, 0.5) is 0 Å². The summed E-state index contributed by atoms with van der Waals surface area (Å²) in [7, 11) is 0. The number of fused-ring (bicyclic) bond motifs is 2. The number of carboxylic acid groups (broad SMARTS) is 1. The van der Waals surface area contributed by atoms with E-state index in [4.69, 9.17) is 4.74 Å². The summed E-state index contributed by atoms with van der Waals surface area (Å²) in [6.07, 6.45) is 3.79. The molecule has 9 heteroatoms. The number of ether oxygens (including phenoxy) is 1. The third-order valence-electron chi connectivity index (χ3n) is 6.19. The van der Waals surface area contributed by atoms with E-state index in [1.54, 1.807) is 18.2 Å². The zero-order valence-corrected chi connectivity index (χ0v) is 21.3. The first-order valence-corrected chi connectivity index (χ1v) is 13.0. The van der Waals surface area contributed by atoms with E-state index >= 15 is 0 Å². The maximum atomic E-state index is 12.8. The highest BCUT2D eigenvalue weighted by Crippen LogP contribution is 2.45. The molecule has 3 aromatic carbocycles. The monoisotopic (exact) mass is 541 g/mol. The van der Waals surface area contributed by atoms with Gasteiger partial charge in [0.05, 0.1) is 18.2 Å². The highest BCUT2D eigenvalue weighted by atomic mass is 32.2. The Labute approximate surface area is 227 Å². The van der Waals surface area contributed by atoms with E-state index in [1.807, 2.05) is 30.3 Å². The summed E-state index contributed by atoms with van der Waals surface area (Å²) in [5.41, 5.74) is 2.89. The normalized spacial score (nSPS) is 15.5. The quantitative estimate of drug-likeness (QED) is 0.348. The molecule has 196 valence electrons. The Kier molecular flexibility index (Phi) is 7.36. The molecule has 5 rings (SSSR count). The standard InChI is InChI=1S/C30H23NO7S/c32-19-7-10-22-25(13-19)38-26-14-20(33)8-11-23(26)28(22)21-9-6-18(12-24(21)30(36)37)29(35)31-15-27(34)39-16-17-4-2-1-3-5-17/h1-14,19,32-33H,15-16H2,(H,31,35)(H,36,37). The number of amides is 1. The Morgan fingerprint density at radius 2 is 1.74 bits per heavy atom. The molecule has 1 unspecified atom stereocenters. The lowest BCUT2D eigenvalue weighted by atomic mass is 9.85. The minimum Gasteiger partial charge on any atom is -0.508 e. The van der Waals surface area contributed by atoms with Crippen LogP contribution >= 0.6 is 11.8 Å². The van der Waals surface area contributed by atoms with Gasteiger partial charge in [-0.25, -0.2) is 4.79 Å². The van der Waals surface area contributed by atoms with E-state index in [-0.39, 0.29) is 28.5 Å². The Bertz CT molecular complexity index is 1570. The van der Waals surface area contributed by atoms with Gasteiger partial charge in [-0.3, -0.25) is 9.59 Å². The zero-order valence-electron chi connectivity index (χ0n) is 20.5. The molecule has 8 nitrogen and oxygen atoms in total. The van der Waals surface area contributed by atoms with Crippen LogP contribution in [0, 0.1) is 0 Å². The predicted molar refractivity (Wildman–Crippen MR) is 146 cm³/mol. The van der Waals surface area contributed by atoms with Crippen LogP contribution in [0.3, 0.4) is 0 Å². The molecule has 1 amide bonds. The van der Waals surface area contributed by atoms with Crippen molar-refractivity contribution in [2.75, 3.05) is 6.54 Å². The Hall–Kier alpha value is -4.60. The first-order chi connectivity index (χ1) is 18.8. The first kappa shape index (κ1) is 26.0. The Balaban J connectivity index is 1.42. The maximum Gasteiger partial charge on any atom is 0.336 e. The smallest absolute Gasteiger partial charge is 0.336 e. The van der Waals surface area contributed by atoms with Gasteiger partial charge in [0, 0.05) is 34.1 Å². The van der Waals surface area contributed by atoms with E-state index in [0.717, 1.165) is 17.3 Å². The topological polar surface area (TPSA) is 133 Å². The van der Waals surface area contributed by atoms with Gasteiger partial charge in [-0.05, 0) is 41.5 Å². The van der Waals surface area contributed by atoms with Crippen molar-refractivity contribution in [2.24, 2.45) is 0 Å². The molecule has 0 saturated carbocycles. The van der Waals surface area contributed by atoms with Crippen LogP contribution in [0.2, 0.25) is 0 Å². The van der Waals surface area contributed by atoms with E-state index in [9.17, 15) is 29.7 Å². The number of aliphatic hydroxyl groups excluding tert-OH is 1. The SMILES string of the molecule is O=C(CNC(=O)c1ccc(C2=C3C=CC(O)C=C3Oc3cc(O)ccc32)c(C(=O)O)c1)SCc1ccccc1. The van der Waals surface area contributed by atoms with Gasteiger partial charge in [-0.15, -0.1) is 0 Å². The number of thioether (sulfide) groups is 1. The maximum absolute atomic E-state index is 12.8. The largest absolute Gasteiger partial charge is 0.508 e. The van der Waals surface area contributed by atoms with Crippen LogP contribution in [0.25, 0.3) is 5.57 Å². The van der Waals surface area contributed by atoms with Crippen molar-refractivity contribution >= 4 is 34.3 Å². The molecule has 1 aliphatic heterocycles. The summed E-state index contributed by atoms with van der Waals surface area (Å²) >= 11 is 1.09. The lowest BCUT2D eigenvalue weighted by molar-refractivity contribution is -0.110. The average Bonchev–Trinajstić information content (AvgIpc) is 2.93. The van der Waals surface area contributed by atoms with E-state index in [0.29, 0.717) is 39.5 Å². The van der Waals surface area contributed by atoms with Gasteiger partial charge in [0.1, 0.15) is 17.3 Å². The van der Waals surface area contributed by atoms with Crippen LogP contribution in [0.1, 0.15) is 37.4 Å². The lowest BCUT2D eigenvalue weighted by Gasteiger charge is -2.28. The molecule has 1 heterocycles. The van der Waals surface area contributed by atoms with Gasteiger partial charge in [0.25, 0.3) is 5.91 Å². The number of hydrogen-bond acceptors (Lipinski definition) is 7. The summed E-state index contributed by atoms with van der Waals surface area (Å²) in [6.45, 7) is -0.203. The number of aromatic carboxylic acids is 1. The van der Waals surface area contributed by atoms with Gasteiger partial charge in [0.15, 0.2) is 0 Å². The third-order valence-corrected chi connectivity index (χ3v) is 7.13. The number of hydrogen-bond donors (Lipinski definition) is 4. The molecular weight excluding hydrogens is 518 g/mol. The number of aromatic hydroxyl groups is 1. The summed E-state index contributed by atoms with van der Waals surface area (Å²) in [4.78, 5) is 37.4. The van der Waals surface area contributed by atoms with E-state index in [1.165, 1.54) is 36.4 Å². The second kappa shape index (κ2) is 11.0. The number of nitrogens with one attached hydrogen (secondary N) is 1. The zero-order chi connectivity index (χ0) is 27.5. The fraction of sp³-hybridized carbons (Fsp3) is 0.100. The predicted octanol–water partition coefficient (Wildman–Crippen LogP) is 4.29. The summed E-state index contributed by atoms with van der Waals surface area (Å²) in [5.74, 6) is -0.760. The fourth-order valence-corrected chi connectivity index (χ4v) is 5.05. The first-order valence-electron chi connectivity index (χ1n) is 12.0. The molecular formula is C30H23NO7S. The summed E-state index contributed by atoms with van der Waals surface area (Å²) < 4.78 is 5.89. The number of allylic oxidation sites excluding steroid dienone is 1. The Morgan fingerprint density at radius 3 is 2.51 bits per heavy atom. The third kappa shape index (κ3) is 5.64. The van der Waals surface area contributed by atoms with Crippen LogP contribution in [-0.2, 0) is 10.5 Å². The number of carbonyl (C=O) groups is 3. The molecule has 0 spiro atoms. The number of benzene rings is 3. The van der Waals surface area contributed by atoms with Crippen molar-refractivity contribution in [1.29, 1.82) is 0 Å². The number of carboxylic acids is 1. The molecule has 0 saturated heterocycles. The fourth-order valence-electron chi connectivity index (χ4n) is 4.35. The highest BCUT2D eigenvalue weighted by Gasteiger charge is 2.30. The van der Waals surface area contributed by atoms with Gasteiger partial charge in [-0.1, -0.05) is 60.3 Å². The van der Waals surface area contributed by atoms with Crippen molar-refractivity contribution in [3.8, 4) is 11.5 Å². The molecule has 3 aromatic rings. The van der Waals surface area contributed by atoms with Crippen LogP contribution in [-0.4, -0.2) is 45.0 Å². The minimum absolute atomic E-state index is 0.0361. The number of carbonyl (C=O) groups excluding carboxylic acids is 2. The van der Waals surface area contributed by atoms with Gasteiger partial charge >= 0.3 is 5.97 Å². The van der Waals surface area contributed by atoms with Crippen molar-refractivity contribution in [1.82, 2.24) is 5.32 Å². The lowest BCUT2D eigenvalue weighted by Crippen LogP contribution is -2.28. The molecule has 2 aliphatic rings. The molecule has 39 heavy (non-hydrogen) atoms. The summed E-state index contributed by atoms with van der Waals surface area (Å²) in [6, 6.07) is 18.3. The van der Waals surface area contributed by atoms with Gasteiger partial charge < -0.3 is 25.4 Å². The Morgan fingerprint density at radius 1 is 0.974 bits per heavy atom. The second-order valence-corrected chi connectivity index (χ2v) is 9.88. The van der Waals surface area contributed by atoms with Crippen LogP contribution in [0.15, 0.2) is 96.3 Å². The van der Waals surface area contributed by atoms with Crippen molar-refractivity contribution in [3.63, 3.8) is 0 Å². The molecule has 0 bridgehead atoms. The van der Waals surface area contributed by atoms with Crippen LogP contribution < -0.4 is 10.1 Å². The average molecular weight is 542 g/mol. The molecule has 4 N–H and O–H groups in total. The van der Waals surface area contributed by atoms with Crippen molar-refractivity contribution < 1.29 is 34.4 Å². The molecule has 0 aromatic heterocycles. The molecule has 0 fully saturated rings. The number of aliphatic hydroxyl groups is 1. The minimum atomic E-state index is -1.25. The van der Waals surface area contributed by atoms with Crippen molar-refractivity contribution in [2.45, 2.75) is 11.9 Å². The van der Waals surface area contributed by atoms with E-state index < -0.39 is 18.0 Å². The number of rotatable bonds is 7. The van der Waals surface area contributed by atoms with Crippen molar-refractivity contribution in [3.05, 3.63) is 124 Å². The van der Waals surface area contributed by atoms with Gasteiger partial charge in [0.2, 0.25) is 5.12 Å². The van der Waals surface area contributed by atoms with Crippen LogP contribution in [0.5, 0.6) is 11.5 Å². The molecule has 1 aliphatic carbocycles. The molecule has 1 atom stereocenters. The number of phenolic OH excluding ortho intramolecular Hbond substituents is 1.